The van der Waals surface area contributed by atoms with Gasteiger partial charge in [-0.3, -0.25) is 4.79 Å². The van der Waals surface area contributed by atoms with Crippen LogP contribution in [-0.4, -0.2) is 12.6 Å². The molecule has 18 heavy (non-hydrogen) atoms. The molecule has 0 spiro atoms. The first-order valence-electron chi connectivity index (χ1n) is 6.84. The number of carbonyl (C=O) groups excluding carboxylic acids is 1. The number of hydrogen-bond acceptors (Lipinski definition) is 2. The Balaban J connectivity index is 2.34. The van der Waals surface area contributed by atoms with Gasteiger partial charge in [0.05, 0.1) is 12.0 Å². The summed E-state index contributed by atoms with van der Waals surface area (Å²) in [4.78, 5) is 12.1. The first-order chi connectivity index (χ1) is 8.57. The summed E-state index contributed by atoms with van der Waals surface area (Å²) in [6.07, 6.45) is 3.80. The molecule has 1 aromatic rings. The Morgan fingerprint density at radius 3 is 2.56 bits per heavy atom. The summed E-state index contributed by atoms with van der Waals surface area (Å²) in [5, 5.41) is 0. The Labute approximate surface area is 109 Å². The molecule has 2 heteroatoms. The second-order valence-electron chi connectivity index (χ2n) is 5.56. The van der Waals surface area contributed by atoms with Gasteiger partial charge in [-0.25, -0.2) is 0 Å². The van der Waals surface area contributed by atoms with E-state index in [0.717, 1.165) is 5.56 Å². The molecule has 1 aromatic carbocycles. The zero-order valence-corrected chi connectivity index (χ0v) is 11.5. The number of rotatable bonds is 4. The van der Waals surface area contributed by atoms with Gasteiger partial charge in [0.1, 0.15) is 0 Å². The lowest BCUT2D eigenvalue weighted by molar-refractivity contribution is -0.148. The molecule has 1 saturated carbocycles. The minimum Gasteiger partial charge on any atom is -0.465 e. The number of esters is 1. The van der Waals surface area contributed by atoms with E-state index in [0.29, 0.717) is 12.5 Å². The molecule has 0 unspecified atom stereocenters. The molecular weight excluding hydrogens is 224 g/mol. The molecule has 0 atom stereocenters. The van der Waals surface area contributed by atoms with Crippen LogP contribution < -0.4 is 0 Å². The SMILES string of the molecule is CCOC(=O)C(C)(C)c1ccccc1C1CCC1. The highest BCUT2D eigenvalue weighted by Gasteiger charge is 2.35. The van der Waals surface area contributed by atoms with E-state index in [-0.39, 0.29) is 5.97 Å². The number of carbonyl (C=O) groups is 1. The average Bonchev–Trinajstić information content (AvgIpc) is 2.27. The van der Waals surface area contributed by atoms with Crippen molar-refractivity contribution in [3.05, 3.63) is 35.4 Å². The van der Waals surface area contributed by atoms with E-state index in [4.69, 9.17) is 4.74 Å². The fraction of sp³-hybridized carbons (Fsp3) is 0.562. The molecule has 1 aliphatic carbocycles. The maximum atomic E-state index is 12.1. The van der Waals surface area contributed by atoms with Gasteiger partial charge in [0, 0.05) is 0 Å². The third-order valence-corrected chi connectivity index (χ3v) is 3.96. The second kappa shape index (κ2) is 5.13. The van der Waals surface area contributed by atoms with Crippen LogP contribution in [-0.2, 0) is 14.9 Å². The Hall–Kier alpha value is -1.31. The minimum atomic E-state index is -0.553. The minimum absolute atomic E-state index is 0.128. The van der Waals surface area contributed by atoms with E-state index in [1.807, 2.05) is 26.8 Å². The highest BCUT2D eigenvalue weighted by atomic mass is 16.5. The lowest BCUT2D eigenvalue weighted by Crippen LogP contribution is -2.33. The van der Waals surface area contributed by atoms with Crippen molar-refractivity contribution in [2.75, 3.05) is 6.61 Å². The van der Waals surface area contributed by atoms with E-state index < -0.39 is 5.41 Å². The van der Waals surface area contributed by atoms with Crippen molar-refractivity contribution >= 4 is 5.97 Å². The van der Waals surface area contributed by atoms with E-state index in [9.17, 15) is 4.79 Å². The maximum absolute atomic E-state index is 12.1. The van der Waals surface area contributed by atoms with Crippen LogP contribution in [0.25, 0.3) is 0 Å². The third kappa shape index (κ3) is 2.29. The third-order valence-electron chi connectivity index (χ3n) is 3.96. The normalized spacial score (nSPS) is 16.2. The van der Waals surface area contributed by atoms with E-state index in [1.54, 1.807) is 0 Å². The quantitative estimate of drug-likeness (QED) is 0.755. The predicted molar refractivity (Wildman–Crippen MR) is 72.7 cm³/mol. The topological polar surface area (TPSA) is 26.3 Å². The Bertz CT molecular complexity index is 430. The van der Waals surface area contributed by atoms with Gasteiger partial charge < -0.3 is 4.74 Å². The van der Waals surface area contributed by atoms with Crippen LogP contribution in [0.4, 0.5) is 0 Å². The fourth-order valence-electron chi connectivity index (χ4n) is 2.56. The molecule has 0 bridgehead atoms. The van der Waals surface area contributed by atoms with Gasteiger partial charge in [0.25, 0.3) is 0 Å². The molecule has 0 aliphatic heterocycles. The smallest absolute Gasteiger partial charge is 0.315 e. The molecule has 2 rings (SSSR count). The molecule has 0 N–H and O–H groups in total. The van der Waals surface area contributed by atoms with Gasteiger partial charge in [-0.1, -0.05) is 30.7 Å². The van der Waals surface area contributed by atoms with Crippen LogP contribution in [0.1, 0.15) is 57.1 Å². The van der Waals surface area contributed by atoms with Crippen LogP contribution in [0.3, 0.4) is 0 Å². The first-order valence-corrected chi connectivity index (χ1v) is 6.84. The van der Waals surface area contributed by atoms with Crippen molar-refractivity contribution in [2.45, 2.75) is 51.4 Å². The van der Waals surface area contributed by atoms with Crippen molar-refractivity contribution in [2.24, 2.45) is 0 Å². The van der Waals surface area contributed by atoms with Crippen molar-refractivity contribution in [3.8, 4) is 0 Å². The molecule has 1 fully saturated rings. The Kier molecular flexibility index (Phi) is 3.74. The maximum Gasteiger partial charge on any atom is 0.315 e. The largest absolute Gasteiger partial charge is 0.465 e. The van der Waals surface area contributed by atoms with Crippen LogP contribution in [0.2, 0.25) is 0 Å². The lowest BCUT2D eigenvalue weighted by Gasteiger charge is -2.32. The van der Waals surface area contributed by atoms with E-state index >= 15 is 0 Å². The molecule has 98 valence electrons. The number of ether oxygens (including phenoxy) is 1. The fourth-order valence-corrected chi connectivity index (χ4v) is 2.56. The Morgan fingerprint density at radius 1 is 1.33 bits per heavy atom. The zero-order valence-electron chi connectivity index (χ0n) is 11.5. The molecule has 0 aromatic heterocycles. The summed E-state index contributed by atoms with van der Waals surface area (Å²) >= 11 is 0. The van der Waals surface area contributed by atoms with Crippen molar-refractivity contribution in [1.29, 1.82) is 0 Å². The summed E-state index contributed by atoms with van der Waals surface area (Å²) in [5.74, 6) is 0.506. The van der Waals surface area contributed by atoms with E-state index in [1.165, 1.54) is 24.8 Å². The van der Waals surface area contributed by atoms with Gasteiger partial charge in [-0.2, -0.15) is 0 Å². The molecular formula is C16H22O2. The summed E-state index contributed by atoms with van der Waals surface area (Å²) in [5.41, 5.74) is 1.91. The van der Waals surface area contributed by atoms with Crippen LogP contribution in [0.15, 0.2) is 24.3 Å². The average molecular weight is 246 g/mol. The standard InChI is InChI=1S/C16H22O2/c1-4-18-15(17)16(2,3)14-11-6-5-10-13(14)12-8-7-9-12/h5-6,10-12H,4,7-9H2,1-3H3. The van der Waals surface area contributed by atoms with Gasteiger partial charge in [0.2, 0.25) is 0 Å². The highest BCUT2D eigenvalue weighted by Crippen LogP contribution is 2.41. The summed E-state index contributed by atoms with van der Waals surface area (Å²) in [7, 11) is 0. The molecule has 0 heterocycles. The highest BCUT2D eigenvalue weighted by molar-refractivity contribution is 5.82. The van der Waals surface area contributed by atoms with E-state index in [2.05, 4.69) is 18.2 Å². The van der Waals surface area contributed by atoms with Crippen LogP contribution >= 0.6 is 0 Å². The summed E-state index contributed by atoms with van der Waals surface area (Å²) < 4.78 is 5.21. The predicted octanol–water partition coefficient (Wildman–Crippen LogP) is 3.79. The molecule has 0 saturated heterocycles. The second-order valence-corrected chi connectivity index (χ2v) is 5.56. The van der Waals surface area contributed by atoms with Gasteiger partial charge in [0.15, 0.2) is 0 Å². The molecule has 0 radical (unpaired) electrons. The number of hydrogen-bond donors (Lipinski definition) is 0. The molecule has 1 aliphatic rings. The van der Waals surface area contributed by atoms with Crippen molar-refractivity contribution < 1.29 is 9.53 Å². The van der Waals surface area contributed by atoms with Gasteiger partial charge in [-0.15, -0.1) is 0 Å². The first kappa shape index (κ1) is 13.1. The Morgan fingerprint density at radius 2 is 2.00 bits per heavy atom. The van der Waals surface area contributed by atoms with Crippen LogP contribution in [0, 0.1) is 0 Å². The lowest BCUT2D eigenvalue weighted by atomic mass is 9.72. The van der Waals surface area contributed by atoms with Crippen LogP contribution in [0.5, 0.6) is 0 Å². The van der Waals surface area contributed by atoms with Gasteiger partial charge >= 0.3 is 5.97 Å². The zero-order chi connectivity index (χ0) is 13.2. The van der Waals surface area contributed by atoms with Gasteiger partial charge in [-0.05, 0) is 50.7 Å². The number of benzene rings is 1. The van der Waals surface area contributed by atoms with Crippen molar-refractivity contribution in [1.82, 2.24) is 0 Å². The molecule has 2 nitrogen and oxygen atoms in total. The summed E-state index contributed by atoms with van der Waals surface area (Å²) in [6.45, 7) is 6.21. The monoisotopic (exact) mass is 246 g/mol. The molecule has 0 amide bonds. The van der Waals surface area contributed by atoms with Crippen molar-refractivity contribution in [3.63, 3.8) is 0 Å². The summed E-state index contributed by atoms with van der Waals surface area (Å²) in [6, 6.07) is 8.32.